The average molecular weight is 448 g/mol. The van der Waals surface area contributed by atoms with Crippen LogP contribution in [0.5, 0.6) is 0 Å². The molecule has 1 amide bonds. The molecule has 0 spiro atoms. The summed E-state index contributed by atoms with van der Waals surface area (Å²) in [5.74, 6) is -0.0920. The summed E-state index contributed by atoms with van der Waals surface area (Å²) in [6.45, 7) is 0. The van der Waals surface area contributed by atoms with Crippen LogP contribution < -0.4 is 10.2 Å². The van der Waals surface area contributed by atoms with Gasteiger partial charge in [-0.3, -0.25) is 9.69 Å². The van der Waals surface area contributed by atoms with Gasteiger partial charge < -0.3 is 5.32 Å². The highest BCUT2D eigenvalue weighted by molar-refractivity contribution is 9.10. The maximum absolute atomic E-state index is 13.3. The van der Waals surface area contributed by atoms with E-state index in [0.29, 0.717) is 21.3 Å². The second kappa shape index (κ2) is 6.95. The molecule has 3 aromatic rings. The lowest BCUT2D eigenvalue weighted by atomic mass is 10.0. The molecular formula is C20H13BrCl2N2O. The van der Waals surface area contributed by atoms with Crippen molar-refractivity contribution in [2.24, 2.45) is 0 Å². The minimum atomic E-state index is -0.359. The van der Waals surface area contributed by atoms with Gasteiger partial charge in [-0.25, -0.2) is 0 Å². The second-order valence-corrected chi connectivity index (χ2v) is 7.65. The molecule has 130 valence electrons. The molecular weight excluding hydrogens is 435 g/mol. The Morgan fingerprint density at radius 2 is 1.65 bits per heavy atom. The highest BCUT2D eigenvalue weighted by Gasteiger charge is 2.34. The van der Waals surface area contributed by atoms with Crippen LogP contribution in [0.1, 0.15) is 22.1 Å². The van der Waals surface area contributed by atoms with E-state index < -0.39 is 0 Å². The number of fused-ring (bicyclic) bond motifs is 1. The maximum Gasteiger partial charge on any atom is 0.262 e. The zero-order chi connectivity index (χ0) is 18.3. The summed E-state index contributed by atoms with van der Waals surface area (Å²) >= 11 is 15.7. The number of para-hydroxylation sites is 1. The lowest BCUT2D eigenvalue weighted by Crippen LogP contribution is -2.43. The minimum Gasteiger partial charge on any atom is -0.360 e. The van der Waals surface area contributed by atoms with Crippen molar-refractivity contribution >= 4 is 56.4 Å². The van der Waals surface area contributed by atoms with E-state index in [4.69, 9.17) is 23.2 Å². The molecule has 0 aromatic heterocycles. The number of carbonyl (C=O) groups excluding carboxylic acids is 1. The van der Waals surface area contributed by atoms with Gasteiger partial charge in [0.15, 0.2) is 0 Å². The first-order chi connectivity index (χ1) is 12.5. The Kier molecular flexibility index (Phi) is 4.65. The molecule has 0 bridgehead atoms. The fraction of sp³-hybridized carbons (Fsp3) is 0.0500. The van der Waals surface area contributed by atoms with Gasteiger partial charge in [-0.2, -0.15) is 0 Å². The number of nitrogens with zero attached hydrogens (tertiary/aromatic N) is 1. The van der Waals surface area contributed by atoms with Crippen molar-refractivity contribution in [2.75, 3.05) is 10.2 Å². The number of amides is 1. The Labute approximate surface area is 169 Å². The number of nitrogens with one attached hydrogen (secondary N) is 1. The number of hydrogen-bond acceptors (Lipinski definition) is 2. The van der Waals surface area contributed by atoms with E-state index in [0.717, 1.165) is 15.7 Å². The molecule has 1 heterocycles. The van der Waals surface area contributed by atoms with Crippen molar-refractivity contribution in [3.05, 3.63) is 92.4 Å². The van der Waals surface area contributed by atoms with Crippen molar-refractivity contribution in [1.82, 2.24) is 0 Å². The molecule has 6 heteroatoms. The SMILES string of the molecule is O=C1c2ccccc2NC(c2ccc(Br)cc2)N1c1ccc(Cl)c(Cl)c1. The van der Waals surface area contributed by atoms with Gasteiger partial charge in [0.05, 0.1) is 15.6 Å². The first kappa shape index (κ1) is 17.4. The monoisotopic (exact) mass is 446 g/mol. The molecule has 1 aliphatic heterocycles. The third-order valence-corrected chi connectivity index (χ3v) is 5.56. The summed E-state index contributed by atoms with van der Waals surface area (Å²) < 4.78 is 0.977. The van der Waals surface area contributed by atoms with Crippen LogP contribution in [0.4, 0.5) is 11.4 Å². The molecule has 1 atom stereocenters. The third kappa shape index (κ3) is 3.09. The summed E-state index contributed by atoms with van der Waals surface area (Å²) in [5, 5.41) is 4.32. The summed E-state index contributed by atoms with van der Waals surface area (Å²) in [5.41, 5.74) is 3.06. The molecule has 0 saturated carbocycles. The zero-order valence-corrected chi connectivity index (χ0v) is 16.5. The van der Waals surface area contributed by atoms with Crippen molar-refractivity contribution in [3.63, 3.8) is 0 Å². The van der Waals surface area contributed by atoms with E-state index in [1.807, 2.05) is 48.5 Å². The molecule has 1 N–H and O–H groups in total. The Bertz CT molecular complexity index is 991. The van der Waals surface area contributed by atoms with Crippen LogP contribution in [0, 0.1) is 0 Å². The van der Waals surface area contributed by atoms with E-state index in [9.17, 15) is 4.79 Å². The molecule has 1 unspecified atom stereocenters. The van der Waals surface area contributed by atoms with E-state index >= 15 is 0 Å². The van der Waals surface area contributed by atoms with Crippen LogP contribution >= 0.6 is 39.1 Å². The lowest BCUT2D eigenvalue weighted by molar-refractivity contribution is 0.0975. The number of halogens is 3. The van der Waals surface area contributed by atoms with E-state index in [-0.39, 0.29) is 12.1 Å². The smallest absolute Gasteiger partial charge is 0.262 e. The number of benzene rings is 3. The van der Waals surface area contributed by atoms with Gasteiger partial charge in [0, 0.05) is 15.8 Å². The van der Waals surface area contributed by atoms with Crippen LogP contribution in [0.3, 0.4) is 0 Å². The van der Waals surface area contributed by atoms with E-state index in [2.05, 4.69) is 21.2 Å². The lowest BCUT2D eigenvalue weighted by Gasteiger charge is -2.38. The molecule has 1 aliphatic rings. The topological polar surface area (TPSA) is 32.3 Å². The van der Waals surface area contributed by atoms with E-state index in [1.54, 1.807) is 23.1 Å². The third-order valence-electron chi connectivity index (χ3n) is 4.29. The molecule has 26 heavy (non-hydrogen) atoms. The van der Waals surface area contributed by atoms with Crippen molar-refractivity contribution in [1.29, 1.82) is 0 Å². The highest BCUT2D eigenvalue weighted by atomic mass is 79.9. The zero-order valence-electron chi connectivity index (χ0n) is 13.4. The summed E-state index contributed by atoms with van der Waals surface area (Å²) in [4.78, 5) is 15.0. The molecule has 4 rings (SSSR count). The summed E-state index contributed by atoms with van der Waals surface area (Å²) in [6, 6.07) is 20.6. The van der Waals surface area contributed by atoms with Crippen molar-refractivity contribution < 1.29 is 4.79 Å². The van der Waals surface area contributed by atoms with E-state index in [1.165, 1.54) is 0 Å². The van der Waals surface area contributed by atoms with Crippen molar-refractivity contribution in [3.8, 4) is 0 Å². The molecule has 0 radical (unpaired) electrons. The summed E-state index contributed by atoms with van der Waals surface area (Å²) in [6.07, 6.45) is -0.359. The van der Waals surface area contributed by atoms with Crippen LogP contribution in [0.25, 0.3) is 0 Å². The minimum absolute atomic E-state index is 0.0920. The second-order valence-electron chi connectivity index (χ2n) is 5.92. The Balaban J connectivity index is 1.87. The van der Waals surface area contributed by atoms with Crippen LogP contribution in [-0.4, -0.2) is 5.91 Å². The normalized spacial score (nSPS) is 16.2. The molecule has 0 saturated heterocycles. The first-order valence-corrected chi connectivity index (χ1v) is 9.49. The molecule has 3 nitrogen and oxygen atoms in total. The van der Waals surface area contributed by atoms with Gasteiger partial charge in [-0.05, 0) is 48.0 Å². The standard InChI is InChI=1S/C20H13BrCl2N2O/c21-13-7-5-12(6-8-13)19-24-18-4-2-1-3-15(18)20(26)25(19)14-9-10-16(22)17(23)11-14/h1-11,19,24H. The maximum atomic E-state index is 13.3. The number of rotatable bonds is 2. The predicted molar refractivity (Wildman–Crippen MR) is 110 cm³/mol. The van der Waals surface area contributed by atoms with Gasteiger partial charge in [0.1, 0.15) is 6.17 Å². The number of carbonyl (C=O) groups is 1. The fourth-order valence-corrected chi connectivity index (χ4v) is 3.59. The van der Waals surface area contributed by atoms with Gasteiger partial charge in [0.2, 0.25) is 0 Å². The Hall–Kier alpha value is -2.01. The average Bonchev–Trinajstić information content (AvgIpc) is 2.65. The van der Waals surface area contributed by atoms with Crippen LogP contribution in [0.15, 0.2) is 71.2 Å². The quantitative estimate of drug-likeness (QED) is 0.484. The van der Waals surface area contributed by atoms with Gasteiger partial charge in [-0.1, -0.05) is 63.4 Å². The molecule has 0 fully saturated rings. The van der Waals surface area contributed by atoms with Gasteiger partial charge in [0.25, 0.3) is 5.91 Å². The van der Waals surface area contributed by atoms with Crippen LogP contribution in [0.2, 0.25) is 10.0 Å². The molecule has 3 aromatic carbocycles. The van der Waals surface area contributed by atoms with Gasteiger partial charge in [-0.15, -0.1) is 0 Å². The Morgan fingerprint density at radius 3 is 2.38 bits per heavy atom. The molecule has 0 aliphatic carbocycles. The predicted octanol–water partition coefficient (Wildman–Crippen LogP) is 6.53. The number of hydrogen-bond donors (Lipinski definition) is 1. The Morgan fingerprint density at radius 1 is 0.923 bits per heavy atom. The number of anilines is 2. The highest BCUT2D eigenvalue weighted by Crippen LogP contribution is 2.38. The van der Waals surface area contributed by atoms with Crippen LogP contribution in [-0.2, 0) is 0 Å². The summed E-state index contributed by atoms with van der Waals surface area (Å²) in [7, 11) is 0. The van der Waals surface area contributed by atoms with Gasteiger partial charge >= 0.3 is 0 Å². The first-order valence-electron chi connectivity index (χ1n) is 7.94. The largest absolute Gasteiger partial charge is 0.360 e. The van der Waals surface area contributed by atoms with Crippen molar-refractivity contribution in [2.45, 2.75) is 6.17 Å². The fourth-order valence-electron chi connectivity index (χ4n) is 3.03.